The third-order valence-corrected chi connectivity index (χ3v) is 4.37. The first-order chi connectivity index (χ1) is 9.50. The van der Waals surface area contributed by atoms with Gasteiger partial charge in [-0.05, 0) is 56.4 Å². The summed E-state index contributed by atoms with van der Waals surface area (Å²) in [5.74, 6) is 0.393. The summed E-state index contributed by atoms with van der Waals surface area (Å²) in [5, 5.41) is 9.72. The minimum Gasteiger partial charge on any atom is -0.508 e. The van der Waals surface area contributed by atoms with Crippen LogP contribution in [0.4, 0.5) is 0 Å². The second-order valence-corrected chi connectivity index (χ2v) is 5.47. The number of benzene rings is 1. The molecule has 1 saturated heterocycles. The first-order valence-corrected chi connectivity index (χ1v) is 7.79. The van der Waals surface area contributed by atoms with Gasteiger partial charge in [0.15, 0.2) is 0 Å². The Hall–Kier alpha value is -1.06. The van der Waals surface area contributed by atoms with Gasteiger partial charge in [-0.2, -0.15) is 0 Å². The van der Waals surface area contributed by atoms with Crippen molar-refractivity contribution in [3.05, 3.63) is 28.8 Å². The van der Waals surface area contributed by atoms with Crippen LogP contribution in [0.1, 0.15) is 56.3 Å². The van der Waals surface area contributed by atoms with Crippen molar-refractivity contribution in [3.8, 4) is 5.75 Å². The summed E-state index contributed by atoms with van der Waals surface area (Å²) >= 11 is 0. The zero-order valence-corrected chi connectivity index (χ0v) is 13.6. The molecule has 0 spiro atoms. The van der Waals surface area contributed by atoms with Crippen LogP contribution in [0.25, 0.3) is 0 Å². The van der Waals surface area contributed by atoms with Gasteiger partial charge in [0.1, 0.15) is 5.75 Å². The molecule has 1 aliphatic rings. The van der Waals surface area contributed by atoms with Crippen LogP contribution in [-0.4, -0.2) is 29.1 Å². The third kappa shape index (κ3) is 3.74. The highest BCUT2D eigenvalue weighted by molar-refractivity contribution is 5.43. The van der Waals surface area contributed by atoms with Crippen molar-refractivity contribution in [2.75, 3.05) is 13.1 Å². The van der Waals surface area contributed by atoms with Crippen LogP contribution in [0, 0.1) is 13.8 Å². The molecule has 3 nitrogen and oxygen atoms in total. The Morgan fingerprint density at radius 3 is 2.25 bits per heavy atom. The van der Waals surface area contributed by atoms with E-state index in [2.05, 4.69) is 24.8 Å². The molecule has 3 N–H and O–H groups in total. The van der Waals surface area contributed by atoms with E-state index in [0.29, 0.717) is 17.8 Å². The van der Waals surface area contributed by atoms with E-state index in [-0.39, 0.29) is 0 Å². The highest BCUT2D eigenvalue weighted by atomic mass is 16.3. The zero-order valence-electron chi connectivity index (χ0n) is 13.6. The maximum atomic E-state index is 9.72. The van der Waals surface area contributed by atoms with E-state index in [0.717, 1.165) is 31.5 Å². The fourth-order valence-electron chi connectivity index (χ4n) is 2.78. The molecule has 0 aromatic heterocycles. The van der Waals surface area contributed by atoms with Crippen LogP contribution in [0.15, 0.2) is 12.1 Å². The molecule has 1 fully saturated rings. The summed E-state index contributed by atoms with van der Waals surface area (Å²) in [6, 6.07) is 4.63. The van der Waals surface area contributed by atoms with Crippen molar-refractivity contribution in [3.63, 3.8) is 0 Å². The molecule has 0 amide bonds. The van der Waals surface area contributed by atoms with Crippen molar-refractivity contribution in [1.29, 1.82) is 0 Å². The van der Waals surface area contributed by atoms with Crippen LogP contribution in [0.5, 0.6) is 5.75 Å². The van der Waals surface area contributed by atoms with Crippen LogP contribution < -0.4 is 5.73 Å². The van der Waals surface area contributed by atoms with Crippen molar-refractivity contribution in [2.45, 2.75) is 59.5 Å². The predicted molar refractivity (Wildman–Crippen MR) is 86.1 cm³/mol. The highest BCUT2D eigenvalue weighted by Crippen LogP contribution is 2.31. The number of phenols is 1. The molecule has 0 radical (unpaired) electrons. The molecule has 20 heavy (non-hydrogen) atoms. The molecule has 1 aromatic rings. The fourth-order valence-corrected chi connectivity index (χ4v) is 2.78. The lowest BCUT2D eigenvalue weighted by molar-refractivity contribution is 0.163. The number of nitrogens with zero attached hydrogens (tertiary/aromatic N) is 1. The van der Waals surface area contributed by atoms with Crippen molar-refractivity contribution in [1.82, 2.24) is 4.90 Å². The number of rotatable bonds is 2. The van der Waals surface area contributed by atoms with Gasteiger partial charge in [0.2, 0.25) is 0 Å². The lowest BCUT2D eigenvalue weighted by Crippen LogP contribution is -2.41. The van der Waals surface area contributed by atoms with Gasteiger partial charge in [-0.1, -0.05) is 19.9 Å². The quantitative estimate of drug-likeness (QED) is 0.870. The van der Waals surface area contributed by atoms with Crippen LogP contribution >= 0.6 is 0 Å². The summed E-state index contributed by atoms with van der Waals surface area (Å²) in [6.45, 7) is 12.5. The Bertz CT molecular complexity index is 423. The second kappa shape index (κ2) is 7.65. The first-order valence-electron chi connectivity index (χ1n) is 7.79. The Balaban J connectivity index is 0.000000956. The van der Waals surface area contributed by atoms with Crippen LogP contribution in [-0.2, 0) is 0 Å². The number of piperidine rings is 1. The maximum Gasteiger partial charge on any atom is 0.118 e. The Morgan fingerprint density at radius 1 is 1.15 bits per heavy atom. The summed E-state index contributed by atoms with van der Waals surface area (Å²) in [6.07, 6.45) is 2.17. The third-order valence-electron chi connectivity index (χ3n) is 4.37. The van der Waals surface area contributed by atoms with Crippen molar-refractivity contribution in [2.24, 2.45) is 5.73 Å². The van der Waals surface area contributed by atoms with Gasteiger partial charge in [-0.3, -0.25) is 4.90 Å². The number of hydrogen-bond donors (Lipinski definition) is 2. The molecule has 0 aliphatic carbocycles. The summed E-state index contributed by atoms with van der Waals surface area (Å²) in [5.41, 5.74) is 9.47. The van der Waals surface area contributed by atoms with E-state index >= 15 is 0 Å². The minimum atomic E-state index is 0.371. The number of aromatic hydroxyl groups is 1. The Morgan fingerprint density at radius 2 is 1.70 bits per heavy atom. The van der Waals surface area contributed by atoms with Gasteiger partial charge < -0.3 is 10.8 Å². The number of nitrogens with two attached hydrogens (primary N) is 1. The average molecular weight is 278 g/mol. The molecule has 0 bridgehead atoms. The Labute approximate surface area is 123 Å². The van der Waals surface area contributed by atoms with Crippen molar-refractivity contribution < 1.29 is 5.11 Å². The Kier molecular flexibility index (Phi) is 6.50. The van der Waals surface area contributed by atoms with E-state index in [1.54, 1.807) is 0 Å². The molecule has 1 aromatic carbocycles. The van der Waals surface area contributed by atoms with Gasteiger partial charge >= 0.3 is 0 Å². The number of hydrogen-bond acceptors (Lipinski definition) is 3. The van der Waals surface area contributed by atoms with Gasteiger partial charge in [-0.15, -0.1) is 0 Å². The lowest BCUT2D eigenvalue weighted by atomic mass is 9.95. The average Bonchev–Trinajstić information content (AvgIpc) is 2.47. The summed E-state index contributed by atoms with van der Waals surface area (Å²) in [4.78, 5) is 2.49. The molecule has 3 heteroatoms. The topological polar surface area (TPSA) is 49.5 Å². The maximum absolute atomic E-state index is 9.72. The summed E-state index contributed by atoms with van der Waals surface area (Å²) < 4.78 is 0. The molecular formula is C17H30N2O. The van der Waals surface area contributed by atoms with Gasteiger partial charge in [0.05, 0.1) is 0 Å². The highest BCUT2D eigenvalue weighted by Gasteiger charge is 2.23. The van der Waals surface area contributed by atoms with E-state index in [9.17, 15) is 5.11 Å². The monoisotopic (exact) mass is 278 g/mol. The zero-order chi connectivity index (χ0) is 15.3. The molecule has 1 aliphatic heterocycles. The SMILES string of the molecule is CC.Cc1c(O)ccc(C(C)N2CCC(N)CC2)c1C. The van der Waals surface area contributed by atoms with E-state index in [4.69, 9.17) is 5.73 Å². The largest absolute Gasteiger partial charge is 0.508 e. The van der Waals surface area contributed by atoms with E-state index in [1.165, 1.54) is 11.1 Å². The summed E-state index contributed by atoms with van der Waals surface area (Å²) in [7, 11) is 0. The van der Waals surface area contributed by atoms with Crippen molar-refractivity contribution >= 4 is 0 Å². The smallest absolute Gasteiger partial charge is 0.118 e. The van der Waals surface area contributed by atoms with Crippen LogP contribution in [0.3, 0.4) is 0 Å². The minimum absolute atomic E-state index is 0.371. The van der Waals surface area contributed by atoms with Gasteiger partial charge in [-0.25, -0.2) is 0 Å². The molecule has 1 unspecified atom stereocenters. The molecule has 1 heterocycles. The second-order valence-electron chi connectivity index (χ2n) is 5.47. The van der Waals surface area contributed by atoms with Gasteiger partial charge in [0.25, 0.3) is 0 Å². The van der Waals surface area contributed by atoms with E-state index in [1.807, 2.05) is 26.8 Å². The normalized spacial score (nSPS) is 18.3. The van der Waals surface area contributed by atoms with E-state index < -0.39 is 0 Å². The lowest BCUT2D eigenvalue weighted by Gasteiger charge is -2.35. The fraction of sp³-hybridized carbons (Fsp3) is 0.647. The molecular weight excluding hydrogens is 248 g/mol. The van der Waals surface area contributed by atoms with Gasteiger partial charge in [0, 0.05) is 25.2 Å². The first kappa shape index (κ1) is 17.0. The number of phenolic OH excluding ortho intramolecular Hbond substituents is 1. The molecule has 2 rings (SSSR count). The molecule has 1 atom stereocenters. The predicted octanol–water partition coefficient (Wildman–Crippen LogP) is 3.52. The standard InChI is InChI=1S/C15H24N2O.C2H6/c1-10-11(2)15(18)5-4-14(10)12(3)17-8-6-13(16)7-9-17;1-2/h4-5,12-13,18H,6-9,16H2,1-3H3;1-2H3. The molecule has 0 saturated carbocycles. The molecule has 114 valence electrons. The van der Waals surface area contributed by atoms with Crippen LogP contribution in [0.2, 0.25) is 0 Å². The number of likely N-dealkylation sites (tertiary alicyclic amines) is 1.